The van der Waals surface area contributed by atoms with Crippen molar-refractivity contribution >= 4 is 0 Å². The third kappa shape index (κ3) is 5.37. The monoisotopic (exact) mass is 288 g/mol. The molecule has 1 aromatic carbocycles. The first-order valence-corrected chi connectivity index (χ1v) is 7.78. The minimum Gasteiger partial charge on any atom is -0.494 e. The normalized spacial score (nSPS) is 17.9. The van der Waals surface area contributed by atoms with Crippen LogP contribution in [0.15, 0.2) is 24.3 Å². The fraction of sp³-hybridized carbons (Fsp3) is 0.588. The van der Waals surface area contributed by atoms with Crippen LogP contribution in [-0.2, 0) is 4.74 Å². The highest BCUT2D eigenvalue weighted by Crippen LogP contribution is 2.14. The molecule has 1 atom stereocenters. The molecule has 0 N–H and O–H groups in total. The highest BCUT2D eigenvalue weighted by Gasteiger charge is 2.18. The molecule has 1 aromatic rings. The van der Waals surface area contributed by atoms with Crippen LogP contribution < -0.4 is 4.74 Å². The number of nitriles is 1. The first-order chi connectivity index (χ1) is 10.3. The molecule has 4 nitrogen and oxygen atoms in total. The predicted octanol–water partition coefficient (Wildman–Crippen LogP) is 2.83. The first kappa shape index (κ1) is 15.8. The Morgan fingerprint density at radius 1 is 1.48 bits per heavy atom. The van der Waals surface area contributed by atoms with Gasteiger partial charge in [-0.1, -0.05) is 13.0 Å². The van der Waals surface area contributed by atoms with E-state index in [1.54, 1.807) is 12.1 Å². The van der Waals surface area contributed by atoms with Gasteiger partial charge in [0, 0.05) is 19.7 Å². The zero-order valence-corrected chi connectivity index (χ0v) is 12.8. The standard InChI is InChI=1S/C17H24N2O2/c1-2-19(14-17-8-4-10-21-17)9-5-11-20-16-7-3-6-15(12-16)13-18/h3,6-7,12,17H,2,4-5,8-11,14H2,1H3. The van der Waals surface area contributed by atoms with Crippen LogP contribution in [-0.4, -0.2) is 43.9 Å². The van der Waals surface area contributed by atoms with Gasteiger partial charge in [-0.25, -0.2) is 0 Å². The second-order valence-corrected chi connectivity index (χ2v) is 5.37. The number of hydrogen-bond acceptors (Lipinski definition) is 4. The Morgan fingerprint density at radius 2 is 2.38 bits per heavy atom. The fourth-order valence-electron chi connectivity index (χ4n) is 2.59. The maximum absolute atomic E-state index is 8.85. The molecule has 0 radical (unpaired) electrons. The molecular formula is C17H24N2O2. The minimum atomic E-state index is 0.415. The van der Waals surface area contributed by atoms with Gasteiger partial charge in [-0.3, -0.25) is 0 Å². The van der Waals surface area contributed by atoms with E-state index in [0.717, 1.165) is 38.4 Å². The first-order valence-electron chi connectivity index (χ1n) is 7.78. The molecule has 1 fully saturated rings. The van der Waals surface area contributed by atoms with Crippen molar-refractivity contribution < 1.29 is 9.47 Å². The molecule has 1 saturated heterocycles. The van der Waals surface area contributed by atoms with E-state index in [1.165, 1.54) is 12.8 Å². The molecule has 0 amide bonds. The SMILES string of the molecule is CCN(CCCOc1cccc(C#N)c1)CC1CCCO1. The van der Waals surface area contributed by atoms with E-state index in [2.05, 4.69) is 17.9 Å². The second kappa shape index (κ2) is 8.66. The molecular weight excluding hydrogens is 264 g/mol. The maximum Gasteiger partial charge on any atom is 0.120 e. The van der Waals surface area contributed by atoms with Crippen molar-refractivity contribution in [3.8, 4) is 11.8 Å². The fourth-order valence-corrected chi connectivity index (χ4v) is 2.59. The maximum atomic E-state index is 8.85. The average molecular weight is 288 g/mol. The summed E-state index contributed by atoms with van der Waals surface area (Å²) in [4.78, 5) is 2.42. The molecule has 0 bridgehead atoms. The largest absolute Gasteiger partial charge is 0.494 e. The van der Waals surface area contributed by atoms with Crippen molar-refractivity contribution in [2.75, 3.05) is 32.8 Å². The molecule has 1 aliphatic heterocycles. The zero-order chi connectivity index (χ0) is 14.9. The molecule has 114 valence electrons. The Bertz CT molecular complexity index is 464. The summed E-state index contributed by atoms with van der Waals surface area (Å²) >= 11 is 0. The van der Waals surface area contributed by atoms with E-state index < -0.39 is 0 Å². The lowest BCUT2D eigenvalue weighted by Crippen LogP contribution is -2.33. The van der Waals surface area contributed by atoms with Gasteiger partial charge in [0.25, 0.3) is 0 Å². The summed E-state index contributed by atoms with van der Waals surface area (Å²) in [6.45, 7) is 6.88. The van der Waals surface area contributed by atoms with Crippen LogP contribution in [0, 0.1) is 11.3 Å². The number of nitrogens with zero attached hydrogens (tertiary/aromatic N) is 2. The lowest BCUT2D eigenvalue weighted by molar-refractivity contribution is 0.0730. The van der Waals surface area contributed by atoms with Gasteiger partial charge in [0.05, 0.1) is 24.3 Å². The summed E-state index contributed by atoms with van der Waals surface area (Å²) in [5.41, 5.74) is 0.640. The molecule has 1 aliphatic rings. The van der Waals surface area contributed by atoms with Gasteiger partial charge in [0.2, 0.25) is 0 Å². The Balaban J connectivity index is 1.66. The summed E-state index contributed by atoms with van der Waals surface area (Å²) in [7, 11) is 0. The van der Waals surface area contributed by atoms with Crippen LogP contribution in [0.2, 0.25) is 0 Å². The molecule has 1 heterocycles. The molecule has 0 aliphatic carbocycles. The molecule has 4 heteroatoms. The molecule has 0 aromatic heterocycles. The summed E-state index contributed by atoms with van der Waals surface area (Å²) in [6, 6.07) is 9.43. The van der Waals surface area contributed by atoms with Gasteiger partial charge >= 0.3 is 0 Å². The van der Waals surface area contributed by atoms with Crippen molar-refractivity contribution in [1.29, 1.82) is 5.26 Å². The molecule has 0 spiro atoms. The van der Waals surface area contributed by atoms with Gasteiger partial charge in [-0.05, 0) is 44.0 Å². The van der Waals surface area contributed by atoms with Gasteiger partial charge in [0.15, 0.2) is 0 Å². The van der Waals surface area contributed by atoms with Crippen molar-refractivity contribution in [3.05, 3.63) is 29.8 Å². The van der Waals surface area contributed by atoms with E-state index in [-0.39, 0.29) is 0 Å². The van der Waals surface area contributed by atoms with E-state index in [0.29, 0.717) is 18.3 Å². The highest BCUT2D eigenvalue weighted by molar-refractivity contribution is 5.36. The van der Waals surface area contributed by atoms with E-state index in [1.807, 2.05) is 12.1 Å². The summed E-state index contributed by atoms with van der Waals surface area (Å²) < 4.78 is 11.4. The topological polar surface area (TPSA) is 45.5 Å². The van der Waals surface area contributed by atoms with Crippen LogP contribution in [0.3, 0.4) is 0 Å². The number of hydrogen-bond donors (Lipinski definition) is 0. The van der Waals surface area contributed by atoms with Crippen molar-refractivity contribution in [2.24, 2.45) is 0 Å². The van der Waals surface area contributed by atoms with E-state index >= 15 is 0 Å². The van der Waals surface area contributed by atoms with Crippen LogP contribution in [0.1, 0.15) is 31.7 Å². The molecule has 21 heavy (non-hydrogen) atoms. The highest BCUT2D eigenvalue weighted by atomic mass is 16.5. The van der Waals surface area contributed by atoms with Gasteiger partial charge < -0.3 is 14.4 Å². The molecule has 1 unspecified atom stereocenters. The average Bonchev–Trinajstić information content (AvgIpc) is 3.03. The lowest BCUT2D eigenvalue weighted by Gasteiger charge is -2.23. The Hall–Kier alpha value is -1.57. The van der Waals surface area contributed by atoms with Gasteiger partial charge in [-0.2, -0.15) is 5.26 Å². The Labute approximate surface area is 127 Å². The van der Waals surface area contributed by atoms with Gasteiger partial charge in [-0.15, -0.1) is 0 Å². The van der Waals surface area contributed by atoms with Crippen molar-refractivity contribution in [2.45, 2.75) is 32.3 Å². The summed E-state index contributed by atoms with van der Waals surface area (Å²) in [5.74, 6) is 0.774. The smallest absolute Gasteiger partial charge is 0.120 e. The quantitative estimate of drug-likeness (QED) is 0.690. The Morgan fingerprint density at radius 3 is 3.10 bits per heavy atom. The van der Waals surface area contributed by atoms with Crippen LogP contribution in [0.5, 0.6) is 5.75 Å². The number of benzene rings is 1. The second-order valence-electron chi connectivity index (χ2n) is 5.37. The number of likely N-dealkylation sites (N-methyl/N-ethyl adjacent to an activating group) is 1. The summed E-state index contributed by atoms with van der Waals surface area (Å²) in [6.07, 6.45) is 3.78. The van der Waals surface area contributed by atoms with Crippen LogP contribution >= 0.6 is 0 Å². The van der Waals surface area contributed by atoms with Crippen molar-refractivity contribution in [3.63, 3.8) is 0 Å². The third-order valence-electron chi connectivity index (χ3n) is 3.78. The number of rotatable bonds is 8. The Kier molecular flexibility index (Phi) is 6.52. The molecule has 0 saturated carbocycles. The lowest BCUT2D eigenvalue weighted by atomic mass is 10.2. The predicted molar refractivity (Wildman–Crippen MR) is 82.4 cm³/mol. The van der Waals surface area contributed by atoms with Crippen molar-refractivity contribution in [1.82, 2.24) is 4.90 Å². The van der Waals surface area contributed by atoms with Crippen LogP contribution in [0.25, 0.3) is 0 Å². The minimum absolute atomic E-state index is 0.415. The van der Waals surface area contributed by atoms with E-state index in [4.69, 9.17) is 14.7 Å². The summed E-state index contributed by atoms with van der Waals surface area (Å²) in [5, 5.41) is 8.85. The van der Waals surface area contributed by atoms with Crippen LogP contribution in [0.4, 0.5) is 0 Å². The zero-order valence-electron chi connectivity index (χ0n) is 12.8. The third-order valence-corrected chi connectivity index (χ3v) is 3.78. The van der Waals surface area contributed by atoms with E-state index in [9.17, 15) is 0 Å². The molecule has 2 rings (SSSR count). The van der Waals surface area contributed by atoms with Gasteiger partial charge in [0.1, 0.15) is 5.75 Å². The number of ether oxygens (including phenoxy) is 2.